The number of nitrogens with zero attached hydrogens (tertiary/aromatic N) is 1. The van der Waals surface area contributed by atoms with E-state index in [9.17, 15) is 0 Å². The van der Waals surface area contributed by atoms with Gasteiger partial charge in [-0.15, -0.1) is 0 Å². The van der Waals surface area contributed by atoms with Crippen LogP contribution >= 0.6 is 0 Å². The van der Waals surface area contributed by atoms with Gasteiger partial charge in [0.05, 0.1) is 0 Å². The van der Waals surface area contributed by atoms with Crippen LogP contribution in [0.15, 0.2) is 0 Å². The summed E-state index contributed by atoms with van der Waals surface area (Å²) in [6, 6.07) is 0.550. The summed E-state index contributed by atoms with van der Waals surface area (Å²) in [5.74, 6) is 2.51. The second-order valence-electron chi connectivity index (χ2n) is 5.74. The highest BCUT2D eigenvalue weighted by atomic mass is 15.2. The van der Waals surface area contributed by atoms with Crippen LogP contribution in [0.5, 0.6) is 0 Å². The summed E-state index contributed by atoms with van der Waals surface area (Å²) < 4.78 is 0. The van der Waals surface area contributed by atoms with Crippen molar-refractivity contribution in [2.24, 2.45) is 5.92 Å². The van der Waals surface area contributed by atoms with Crippen LogP contribution in [-0.4, -0.2) is 29.3 Å². The molecular formula is C13H22N4. The van der Waals surface area contributed by atoms with Crippen molar-refractivity contribution in [3.63, 3.8) is 0 Å². The number of aromatic nitrogens is 2. The molecule has 1 saturated heterocycles. The van der Waals surface area contributed by atoms with E-state index in [-0.39, 0.29) is 0 Å². The maximum absolute atomic E-state index is 4.48. The Labute approximate surface area is 103 Å². The van der Waals surface area contributed by atoms with Crippen molar-refractivity contribution in [2.75, 3.05) is 18.4 Å². The van der Waals surface area contributed by atoms with Crippen molar-refractivity contribution in [1.82, 2.24) is 15.5 Å². The molecule has 2 heterocycles. The van der Waals surface area contributed by atoms with Crippen molar-refractivity contribution >= 4 is 5.82 Å². The van der Waals surface area contributed by atoms with Crippen LogP contribution in [0, 0.1) is 5.92 Å². The van der Waals surface area contributed by atoms with Crippen LogP contribution in [0.4, 0.5) is 5.82 Å². The van der Waals surface area contributed by atoms with Crippen LogP contribution in [0.3, 0.4) is 0 Å². The van der Waals surface area contributed by atoms with Gasteiger partial charge in [0.2, 0.25) is 0 Å². The van der Waals surface area contributed by atoms with E-state index >= 15 is 0 Å². The van der Waals surface area contributed by atoms with Crippen LogP contribution in [0.2, 0.25) is 0 Å². The van der Waals surface area contributed by atoms with Crippen LogP contribution in [0.1, 0.15) is 43.9 Å². The SMILES string of the molecule is CC1Cc2[nH]nc(NC3CCNC3)c2C(C)C1. The number of nitrogens with one attached hydrogen (secondary N) is 3. The Bertz CT molecular complexity index is 392. The van der Waals surface area contributed by atoms with Crippen molar-refractivity contribution in [2.45, 2.75) is 45.1 Å². The van der Waals surface area contributed by atoms with Gasteiger partial charge in [-0.05, 0) is 37.6 Å². The Morgan fingerprint density at radius 2 is 2.24 bits per heavy atom. The van der Waals surface area contributed by atoms with Gasteiger partial charge in [0.1, 0.15) is 0 Å². The Hall–Kier alpha value is -1.03. The van der Waals surface area contributed by atoms with E-state index in [1.807, 2.05) is 0 Å². The lowest BCUT2D eigenvalue weighted by Crippen LogP contribution is -2.24. The van der Waals surface area contributed by atoms with Crippen molar-refractivity contribution < 1.29 is 0 Å². The molecule has 1 aliphatic heterocycles. The molecule has 1 aromatic heterocycles. The third-order valence-electron chi connectivity index (χ3n) is 4.09. The van der Waals surface area contributed by atoms with Gasteiger partial charge in [0.25, 0.3) is 0 Å². The number of anilines is 1. The molecule has 1 aliphatic carbocycles. The highest BCUT2D eigenvalue weighted by Crippen LogP contribution is 2.37. The third kappa shape index (κ3) is 2.06. The summed E-state index contributed by atoms with van der Waals surface area (Å²) in [6.45, 7) is 6.83. The highest BCUT2D eigenvalue weighted by Gasteiger charge is 2.28. The molecule has 2 aliphatic rings. The van der Waals surface area contributed by atoms with Gasteiger partial charge in [-0.1, -0.05) is 13.8 Å². The van der Waals surface area contributed by atoms with E-state index in [2.05, 4.69) is 34.7 Å². The summed E-state index contributed by atoms with van der Waals surface area (Å²) in [5, 5.41) is 14.7. The van der Waals surface area contributed by atoms with Gasteiger partial charge in [-0.3, -0.25) is 5.10 Å². The number of hydrogen-bond acceptors (Lipinski definition) is 3. The van der Waals surface area contributed by atoms with Gasteiger partial charge < -0.3 is 10.6 Å². The number of hydrogen-bond donors (Lipinski definition) is 3. The molecule has 1 fully saturated rings. The zero-order valence-electron chi connectivity index (χ0n) is 10.7. The van der Waals surface area contributed by atoms with Crippen molar-refractivity contribution in [3.05, 3.63) is 11.3 Å². The maximum atomic E-state index is 4.48. The first kappa shape index (κ1) is 11.1. The number of fused-ring (bicyclic) bond motifs is 1. The molecule has 4 heteroatoms. The van der Waals surface area contributed by atoms with Crippen molar-refractivity contribution in [3.8, 4) is 0 Å². The molecule has 1 aromatic rings. The molecule has 17 heavy (non-hydrogen) atoms. The van der Waals surface area contributed by atoms with Crippen LogP contribution < -0.4 is 10.6 Å². The zero-order chi connectivity index (χ0) is 11.8. The predicted molar refractivity (Wildman–Crippen MR) is 69.4 cm³/mol. The van der Waals surface area contributed by atoms with Crippen LogP contribution in [0.25, 0.3) is 0 Å². The largest absolute Gasteiger partial charge is 0.364 e. The smallest absolute Gasteiger partial charge is 0.151 e. The second-order valence-corrected chi connectivity index (χ2v) is 5.74. The Morgan fingerprint density at radius 3 is 3.00 bits per heavy atom. The molecular weight excluding hydrogens is 212 g/mol. The molecule has 3 rings (SSSR count). The first-order valence-electron chi connectivity index (χ1n) is 6.78. The Morgan fingerprint density at radius 1 is 1.35 bits per heavy atom. The van der Waals surface area contributed by atoms with E-state index in [4.69, 9.17) is 0 Å². The standard InChI is InChI=1S/C13H22N4/c1-8-5-9(2)12-11(6-8)16-17-13(12)15-10-3-4-14-7-10/h8-10,14H,3-7H2,1-2H3,(H2,15,16,17). The molecule has 0 radical (unpaired) electrons. The number of rotatable bonds is 2. The molecule has 3 unspecified atom stereocenters. The molecule has 3 N–H and O–H groups in total. The predicted octanol–water partition coefficient (Wildman–Crippen LogP) is 1.87. The van der Waals surface area contributed by atoms with Crippen LogP contribution in [-0.2, 0) is 6.42 Å². The fraction of sp³-hybridized carbons (Fsp3) is 0.769. The molecule has 0 aromatic carbocycles. The molecule has 4 nitrogen and oxygen atoms in total. The summed E-state index contributed by atoms with van der Waals surface area (Å²) in [5.41, 5.74) is 2.79. The lowest BCUT2D eigenvalue weighted by molar-refractivity contribution is 0.446. The van der Waals surface area contributed by atoms with Gasteiger partial charge in [0, 0.05) is 23.8 Å². The minimum absolute atomic E-state index is 0.550. The van der Waals surface area contributed by atoms with Gasteiger partial charge in [0.15, 0.2) is 5.82 Å². The van der Waals surface area contributed by atoms with E-state index in [0.717, 1.165) is 31.2 Å². The normalized spacial score (nSPS) is 32.5. The zero-order valence-corrected chi connectivity index (χ0v) is 10.7. The van der Waals surface area contributed by atoms with E-state index in [1.165, 1.54) is 24.1 Å². The molecule has 94 valence electrons. The molecule has 0 amide bonds. The quantitative estimate of drug-likeness (QED) is 0.732. The second kappa shape index (κ2) is 4.33. The minimum atomic E-state index is 0.550. The van der Waals surface area contributed by atoms with E-state index in [0.29, 0.717) is 12.0 Å². The summed E-state index contributed by atoms with van der Waals surface area (Å²) in [4.78, 5) is 0. The van der Waals surface area contributed by atoms with Crippen molar-refractivity contribution in [1.29, 1.82) is 0 Å². The maximum Gasteiger partial charge on any atom is 0.151 e. The first-order chi connectivity index (χ1) is 8.24. The summed E-state index contributed by atoms with van der Waals surface area (Å²) in [7, 11) is 0. The van der Waals surface area contributed by atoms with E-state index in [1.54, 1.807) is 0 Å². The van der Waals surface area contributed by atoms with E-state index < -0.39 is 0 Å². The molecule has 0 saturated carbocycles. The fourth-order valence-corrected chi connectivity index (χ4v) is 3.31. The minimum Gasteiger partial charge on any atom is -0.364 e. The summed E-state index contributed by atoms with van der Waals surface area (Å²) >= 11 is 0. The molecule has 0 bridgehead atoms. The first-order valence-corrected chi connectivity index (χ1v) is 6.78. The monoisotopic (exact) mass is 234 g/mol. The summed E-state index contributed by atoms with van der Waals surface area (Å²) in [6.07, 6.45) is 3.63. The Kier molecular flexibility index (Phi) is 2.82. The van der Waals surface area contributed by atoms with Gasteiger partial charge >= 0.3 is 0 Å². The topological polar surface area (TPSA) is 52.7 Å². The average Bonchev–Trinajstić information content (AvgIpc) is 2.88. The molecule has 3 atom stereocenters. The number of H-pyrrole nitrogens is 1. The third-order valence-corrected chi connectivity index (χ3v) is 4.09. The number of aromatic amines is 1. The lowest BCUT2D eigenvalue weighted by atomic mass is 9.81. The Balaban J connectivity index is 1.81. The lowest BCUT2D eigenvalue weighted by Gasteiger charge is -2.25. The van der Waals surface area contributed by atoms with Gasteiger partial charge in [-0.25, -0.2) is 0 Å². The highest BCUT2D eigenvalue weighted by molar-refractivity contribution is 5.50. The molecule has 0 spiro atoms. The fourth-order valence-electron chi connectivity index (χ4n) is 3.31. The van der Waals surface area contributed by atoms with Gasteiger partial charge in [-0.2, -0.15) is 5.10 Å². The average molecular weight is 234 g/mol.